The zero-order chi connectivity index (χ0) is 19.1. The third kappa shape index (κ3) is 3.60. The molecule has 2 unspecified atom stereocenters. The van der Waals surface area contributed by atoms with Crippen LogP contribution in [0.15, 0.2) is 5.03 Å². The monoisotopic (exact) mass is 393 g/mol. The molecule has 1 aromatic rings. The maximum Gasteiger partial charge on any atom is 0.235 e. The zero-order valence-electron chi connectivity index (χ0n) is 15.3. The number of sulfone groups is 1. The molecule has 2 atom stereocenters. The Balaban J connectivity index is 1.78. The zero-order valence-corrected chi connectivity index (χ0v) is 16.9. The van der Waals surface area contributed by atoms with Gasteiger partial charge in [0.15, 0.2) is 9.84 Å². The summed E-state index contributed by atoms with van der Waals surface area (Å²) in [4.78, 5) is 19.0. The van der Waals surface area contributed by atoms with Crippen LogP contribution < -0.4 is 0 Å². The minimum atomic E-state index is -3.04. The smallest absolute Gasteiger partial charge is 0.235 e. The summed E-state index contributed by atoms with van der Waals surface area (Å²) >= 11 is 1.30. The Kier molecular flexibility index (Phi) is 5.31. The number of carbonyl (C=O) groups is 1. The van der Waals surface area contributed by atoms with Crippen molar-refractivity contribution in [3.8, 4) is 6.07 Å². The van der Waals surface area contributed by atoms with Gasteiger partial charge in [-0.3, -0.25) is 4.79 Å². The van der Waals surface area contributed by atoms with Gasteiger partial charge in [-0.05, 0) is 50.7 Å². The number of rotatable bonds is 4. The molecule has 1 fully saturated rings. The lowest BCUT2D eigenvalue weighted by atomic mass is 10.0. The van der Waals surface area contributed by atoms with Crippen LogP contribution in [0.2, 0.25) is 0 Å². The topological polar surface area (TPSA) is 91.1 Å². The number of nitriles is 1. The van der Waals surface area contributed by atoms with Crippen LogP contribution in [0.1, 0.15) is 42.1 Å². The molecule has 2 aliphatic rings. The standard InChI is InChI=1S/C18H23N3O3S2/c1-11-14-5-4-6-16(14)20-17(15(11)9-19)25-12(2)18(22)21(3)13-7-8-26(23,24)10-13/h12-13H,4-8,10H2,1-3H3. The molecule has 0 bridgehead atoms. The normalized spacial score (nSPS) is 21.8. The van der Waals surface area contributed by atoms with E-state index in [1.54, 1.807) is 18.9 Å². The fourth-order valence-electron chi connectivity index (χ4n) is 3.73. The van der Waals surface area contributed by atoms with Crippen LogP contribution in [0.25, 0.3) is 0 Å². The first kappa shape index (κ1) is 19.2. The number of hydrogen-bond donors (Lipinski definition) is 0. The van der Waals surface area contributed by atoms with Gasteiger partial charge in [0.1, 0.15) is 11.1 Å². The lowest BCUT2D eigenvalue weighted by molar-refractivity contribution is -0.130. The van der Waals surface area contributed by atoms with Crippen molar-refractivity contribution in [1.82, 2.24) is 9.88 Å². The van der Waals surface area contributed by atoms with Gasteiger partial charge in [0.05, 0.1) is 22.3 Å². The molecule has 0 aromatic carbocycles. The number of aromatic nitrogens is 1. The molecule has 6 nitrogen and oxygen atoms in total. The second-order valence-corrected chi connectivity index (χ2v) is 10.6. The summed E-state index contributed by atoms with van der Waals surface area (Å²) in [5.41, 5.74) is 3.76. The van der Waals surface area contributed by atoms with Gasteiger partial charge in [-0.2, -0.15) is 5.26 Å². The van der Waals surface area contributed by atoms with Gasteiger partial charge in [-0.15, -0.1) is 0 Å². The number of aryl methyl sites for hydroxylation is 1. The number of pyridine rings is 1. The second kappa shape index (κ2) is 7.20. The summed E-state index contributed by atoms with van der Waals surface area (Å²) in [5.74, 6) is 0.0497. The molecule has 0 spiro atoms. The van der Waals surface area contributed by atoms with Crippen molar-refractivity contribution >= 4 is 27.5 Å². The van der Waals surface area contributed by atoms with Gasteiger partial charge < -0.3 is 4.90 Å². The predicted molar refractivity (Wildman–Crippen MR) is 101 cm³/mol. The van der Waals surface area contributed by atoms with E-state index < -0.39 is 15.1 Å². The van der Waals surface area contributed by atoms with Gasteiger partial charge in [0.2, 0.25) is 5.91 Å². The SMILES string of the molecule is Cc1c(C#N)c(SC(C)C(=O)N(C)C2CCS(=O)(=O)C2)nc2c1CCC2. The maximum absolute atomic E-state index is 12.8. The summed E-state index contributed by atoms with van der Waals surface area (Å²) in [6.07, 6.45) is 3.41. The van der Waals surface area contributed by atoms with Crippen LogP contribution in [-0.4, -0.2) is 54.1 Å². The first-order chi connectivity index (χ1) is 12.2. The van der Waals surface area contributed by atoms with Crippen molar-refractivity contribution in [2.24, 2.45) is 0 Å². The first-order valence-electron chi connectivity index (χ1n) is 8.79. The second-order valence-electron chi connectivity index (χ2n) is 7.07. The average Bonchev–Trinajstić information content (AvgIpc) is 3.20. The Hall–Kier alpha value is -1.59. The summed E-state index contributed by atoms with van der Waals surface area (Å²) in [5, 5.41) is 9.74. The molecule has 2 heterocycles. The van der Waals surface area contributed by atoms with Crippen LogP contribution >= 0.6 is 11.8 Å². The minimum Gasteiger partial charge on any atom is -0.341 e. The van der Waals surface area contributed by atoms with Crippen LogP contribution in [0.5, 0.6) is 0 Å². The van der Waals surface area contributed by atoms with Crippen LogP contribution in [0, 0.1) is 18.3 Å². The van der Waals surface area contributed by atoms with Gasteiger partial charge in [0.25, 0.3) is 0 Å². The quantitative estimate of drug-likeness (QED) is 0.726. The average molecular weight is 394 g/mol. The highest BCUT2D eigenvalue weighted by Crippen LogP contribution is 2.34. The van der Waals surface area contributed by atoms with E-state index >= 15 is 0 Å². The van der Waals surface area contributed by atoms with E-state index in [1.807, 2.05) is 6.92 Å². The van der Waals surface area contributed by atoms with Crippen LogP contribution in [0.4, 0.5) is 0 Å². The van der Waals surface area contributed by atoms with Crippen molar-refractivity contribution in [2.45, 2.75) is 55.8 Å². The number of hydrogen-bond acceptors (Lipinski definition) is 6. The fraction of sp³-hybridized carbons (Fsp3) is 0.611. The van der Waals surface area contributed by atoms with E-state index in [0.717, 1.165) is 30.5 Å². The minimum absolute atomic E-state index is 0.0340. The third-order valence-corrected chi connectivity index (χ3v) is 8.14. The lowest BCUT2D eigenvalue weighted by Crippen LogP contribution is -2.41. The summed E-state index contributed by atoms with van der Waals surface area (Å²) in [6.45, 7) is 3.74. The molecule has 1 saturated heterocycles. The highest BCUT2D eigenvalue weighted by atomic mass is 32.2. The third-order valence-electron chi connectivity index (χ3n) is 5.32. The molecule has 140 valence electrons. The van der Waals surface area contributed by atoms with Crippen LogP contribution in [0.3, 0.4) is 0 Å². The molecule has 0 saturated carbocycles. The van der Waals surface area contributed by atoms with Crippen molar-refractivity contribution in [2.75, 3.05) is 18.6 Å². The molecule has 3 rings (SSSR count). The molecule has 1 aliphatic heterocycles. The maximum atomic E-state index is 12.8. The first-order valence-corrected chi connectivity index (χ1v) is 11.5. The van der Waals surface area contributed by atoms with E-state index in [2.05, 4.69) is 11.1 Å². The highest BCUT2D eigenvalue weighted by Gasteiger charge is 2.34. The molecule has 1 amide bonds. The number of amides is 1. The van der Waals surface area contributed by atoms with E-state index in [1.165, 1.54) is 17.3 Å². The highest BCUT2D eigenvalue weighted by molar-refractivity contribution is 8.00. The van der Waals surface area contributed by atoms with Crippen molar-refractivity contribution < 1.29 is 13.2 Å². The van der Waals surface area contributed by atoms with E-state index in [4.69, 9.17) is 0 Å². The molecule has 0 N–H and O–H groups in total. The van der Waals surface area contributed by atoms with Crippen molar-refractivity contribution in [3.05, 3.63) is 22.4 Å². The predicted octanol–water partition coefficient (Wildman–Crippen LogP) is 1.88. The number of fused-ring (bicyclic) bond motifs is 1. The fourth-order valence-corrected chi connectivity index (χ4v) is 6.58. The van der Waals surface area contributed by atoms with Gasteiger partial charge in [-0.1, -0.05) is 11.8 Å². The molecular weight excluding hydrogens is 370 g/mol. The molecule has 1 aliphatic carbocycles. The van der Waals surface area contributed by atoms with Crippen LogP contribution in [-0.2, 0) is 27.5 Å². The molecule has 8 heteroatoms. The largest absolute Gasteiger partial charge is 0.341 e. The Morgan fingerprint density at radius 2 is 2.15 bits per heavy atom. The Morgan fingerprint density at radius 3 is 2.77 bits per heavy atom. The Morgan fingerprint density at radius 1 is 1.42 bits per heavy atom. The van der Waals surface area contributed by atoms with Crippen molar-refractivity contribution in [3.63, 3.8) is 0 Å². The van der Waals surface area contributed by atoms with Gasteiger partial charge >= 0.3 is 0 Å². The molecule has 0 radical (unpaired) electrons. The number of nitrogens with zero attached hydrogens (tertiary/aromatic N) is 3. The van der Waals surface area contributed by atoms with E-state index in [9.17, 15) is 18.5 Å². The van der Waals surface area contributed by atoms with Gasteiger partial charge in [-0.25, -0.2) is 13.4 Å². The van der Waals surface area contributed by atoms with Crippen molar-refractivity contribution in [1.29, 1.82) is 5.26 Å². The molecule has 26 heavy (non-hydrogen) atoms. The van der Waals surface area contributed by atoms with Gasteiger partial charge in [0, 0.05) is 18.8 Å². The summed E-state index contributed by atoms with van der Waals surface area (Å²) in [6, 6.07) is 1.98. The summed E-state index contributed by atoms with van der Waals surface area (Å²) in [7, 11) is -1.37. The molecule has 1 aromatic heterocycles. The number of carbonyl (C=O) groups excluding carboxylic acids is 1. The number of thioether (sulfide) groups is 1. The molecular formula is C18H23N3O3S2. The summed E-state index contributed by atoms with van der Waals surface area (Å²) < 4.78 is 23.3. The van der Waals surface area contributed by atoms with E-state index in [0.29, 0.717) is 17.0 Å². The Bertz CT molecular complexity index is 890. The van der Waals surface area contributed by atoms with E-state index in [-0.39, 0.29) is 23.5 Å². The Labute approximate surface area is 158 Å². The lowest BCUT2D eigenvalue weighted by Gasteiger charge is -2.26.